The van der Waals surface area contributed by atoms with Crippen molar-refractivity contribution >= 4 is 33.6 Å². The summed E-state index contributed by atoms with van der Waals surface area (Å²) in [5.41, 5.74) is 0. The molecule has 1 rings (SSSR count). The van der Waals surface area contributed by atoms with E-state index in [4.69, 9.17) is 11.6 Å². The van der Waals surface area contributed by atoms with Crippen molar-refractivity contribution in [1.29, 1.82) is 0 Å². The van der Waals surface area contributed by atoms with Gasteiger partial charge in [-0.2, -0.15) is 28.8 Å². The molecule has 0 radical (unpaired) electrons. The molecule has 1 fully saturated rings. The minimum atomic E-state index is -3.34. The third kappa shape index (κ3) is 4.49. The lowest BCUT2D eigenvalue weighted by atomic mass is 10.0. The van der Waals surface area contributed by atoms with E-state index in [1.54, 1.807) is 27.4 Å². The predicted octanol–water partition coefficient (Wildman–Crippen LogP) is 2.26. The molecule has 0 saturated carbocycles. The topological polar surface area (TPSA) is 40.6 Å². The zero-order chi connectivity index (χ0) is 14.5. The van der Waals surface area contributed by atoms with E-state index in [1.807, 2.05) is 13.2 Å². The Morgan fingerprint density at radius 2 is 2.21 bits per heavy atom. The van der Waals surface area contributed by atoms with E-state index in [1.165, 1.54) is 0 Å². The van der Waals surface area contributed by atoms with Crippen molar-refractivity contribution in [3.63, 3.8) is 0 Å². The second-order valence-electron chi connectivity index (χ2n) is 5.06. The second-order valence-corrected chi connectivity index (χ2v) is 8.27. The Hall–Kier alpha value is 0.510. The zero-order valence-electron chi connectivity index (χ0n) is 12.0. The summed E-state index contributed by atoms with van der Waals surface area (Å²) in [5, 5.41) is 0. The van der Waals surface area contributed by atoms with Gasteiger partial charge in [0.1, 0.15) is 0 Å². The summed E-state index contributed by atoms with van der Waals surface area (Å²) >= 11 is 7.56. The molecule has 0 bridgehead atoms. The van der Waals surface area contributed by atoms with Crippen LogP contribution in [-0.2, 0) is 10.2 Å². The molecule has 0 aromatic rings. The standard InChI is InChI=1S/C12H25ClN2O2S2/c1-4-12(10-18-3)14(2)19(16,17)15-7-5-6-11(8-13)9-15/h11-12H,4-10H2,1-3H3. The van der Waals surface area contributed by atoms with Crippen LogP contribution in [0.25, 0.3) is 0 Å². The first-order valence-corrected chi connectivity index (χ1v) is 10.1. The normalized spacial score (nSPS) is 23.7. The first-order chi connectivity index (χ1) is 8.97. The maximum Gasteiger partial charge on any atom is 0.282 e. The summed E-state index contributed by atoms with van der Waals surface area (Å²) in [5.74, 6) is 1.66. The molecule has 1 heterocycles. The van der Waals surface area contributed by atoms with Gasteiger partial charge in [-0.05, 0) is 31.4 Å². The van der Waals surface area contributed by atoms with Crippen LogP contribution in [0.3, 0.4) is 0 Å². The van der Waals surface area contributed by atoms with Crippen LogP contribution in [0.1, 0.15) is 26.2 Å². The third-order valence-corrected chi connectivity index (χ3v) is 6.90. The summed E-state index contributed by atoms with van der Waals surface area (Å²) in [6.45, 7) is 3.21. The van der Waals surface area contributed by atoms with E-state index in [2.05, 4.69) is 0 Å². The fourth-order valence-electron chi connectivity index (χ4n) is 2.41. The number of nitrogens with zero attached hydrogens (tertiary/aromatic N) is 2. The fraction of sp³-hybridized carbons (Fsp3) is 1.00. The molecular weight excluding hydrogens is 304 g/mol. The maximum absolute atomic E-state index is 12.6. The SMILES string of the molecule is CCC(CSC)N(C)S(=O)(=O)N1CCCC(CCl)C1. The molecule has 0 amide bonds. The van der Waals surface area contributed by atoms with Crippen LogP contribution in [-0.4, -0.2) is 61.1 Å². The Bertz CT molecular complexity index is 357. The monoisotopic (exact) mass is 328 g/mol. The molecule has 0 aromatic heterocycles. The highest BCUT2D eigenvalue weighted by Crippen LogP contribution is 2.23. The summed E-state index contributed by atoms with van der Waals surface area (Å²) < 4.78 is 28.4. The number of piperidine rings is 1. The number of rotatable bonds is 7. The van der Waals surface area contributed by atoms with Crippen LogP contribution >= 0.6 is 23.4 Å². The average molecular weight is 329 g/mol. The molecule has 7 heteroatoms. The summed E-state index contributed by atoms with van der Waals surface area (Å²) in [6, 6.07) is 0.0661. The van der Waals surface area contributed by atoms with Gasteiger partial charge in [0.2, 0.25) is 0 Å². The molecule has 0 spiro atoms. The lowest BCUT2D eigenvalue weighted by Gasteiger charge is -2.36. The van der Waals surface area contributed by atoms with Crippen molar-refractivity contribution in [1.82, 2.24) is 8.61 Å². The lowest BCUT2D eigenvalue weighted by molar-refractivity contribution is 0.255. The van der Waals surface area contributed by atoms with Gasteiger partial charge >= 0.3 is 0 Å². The minimum absolute atomic E-state index is 0.0661. The van der Waals surface area contributed by atoms with Gasteiger partial charge in [0.25, 0.3) is 10.2 Å². The summed E-state index contributed by atoms with van der Waals surface area (Å²) in [4.78, 5) is 0. The van der Waals surface area contributed by atoms with Crippen molar-refractivity contribution in [2.45, 2.75) is 32.2 Å². The average Bonchev–Trinajstić information content (AvgIpc) is 2.44. The number of hydrogen-bond donors (Lipinski definition) is 0. The molecule has 4 nitrogen and oxygen atoms in total. The number of halogens is 1. The highest BCUT2D eigenvalue weighted by molar-refractivity contribution is 7.98. The minimum Gasteiger partial charge on any atom is -0.195 e. The van der Waals surface area contributed by atoms with Crippen LogP contribution in [0.4, 0.5) is 0 Å². The van der Waals surface area contributed by atoms with Crippen molar-refractivity contribution < 1.29 is 8.42 Å². The van der Waals surface area contributed by atoms with Gasteiger partial charge < -0.3 is 0 Å². The van der Waals surface area contributed by atoms with Gasteiger partial charge in [-0.15, -0.1) is 11.6 Å². The zero-order valence-corrected chi connectivity index (χ0v) is 14.4. The molecule has 0 aromatic carbocycles. The molecule has 0 aliphatic carbocycles. The fourth-order valence-corrected chi connectivity index (χ4v) is 5.32. The quantitative estimate of drug-likeness (QED) is 0.673. The van der Waals surface area contributed by atoms with Gasteiger partial charge in [0, 0.05) is 37.8 Å². The molecule has 0 N–H and O–H groups in total. The number of alkyl halides is 1. The van der Waals surface area contributed by atoms with Gasteiger partial charge in [0.05, 0.1) is 0 Å². The molecule has 1 aliphatic rings. The van der Waals surface area contributed by atoms with Gasteiger partial charge in [0.15, 0.2) is 0 Å². The van der Waals surface area contributed by atoms with Gasteiger partial charge in [-0.1, -0.05) is 6.92 Å². The highest BCUT2D eigenvalue weighted by Gasteiger charge is 2.34. The predicted molar refractivity (Wildman–Crippen MR) is 84.2 cm³/mol. The van der Waals surface area contributed by atoms with Crippen LogP contribution < -0.4 is 0 Å². The van der Waals surface area contributed by atoms with E-state index in [0.717, 1.165) is 25.0 Å². The Morgan fingerprint density at radius 3 is 2.74 bits per heavy atom. The Labute approximate surface area is 127 Å². The van der Waals surface area contributed by atoms with Crippen molar-refractivity contribution in [3.8, 4) is 0 Å². The molecular formula is C12H25ClN2O2S2. The second kappa shape index (κ2) is 8.08. The maximum atomic E-state index is 12.6. The van der Waals surface area contributed by atoms with E-state index in [-0.39, 0.29) is 6.04 Å². The Kier molecular flexibility index (Phi) is 7.46. The van der Waals surface area contributed by atoms with Crippen molar-refractivity contribution in [2.24, 2.45) is 5.92 Å². The van der Waals surface area contributed by atoms with Crippen molar-refractivity contribution in [2.75, 3.05) is 38.0 Å². The molecule has 114 valence electrons. The lowest BCUT2D eigenvalue weighted by Crippen LogP contribution is -2.50. The van der Waals surface area contributed by atoms with Crippen LogP contribution in [0.5, 0.6) is 0 Å². The smallest absolute Gasteiger partial charge is 0.195 e. The largest absolute Gasteiger partial charge is 0.282 e. The van der Waals surface area contributed by atoms with E-state index in [9.17, 15) is 8.42 Å². The van der Waals surface area contributed by atoms with Crippen molar-refractivity contribution in [3.05, 3.63) is 0 Å². The summed E-state index contributed by atoms with van der Waals surface area (Å²) in [6.07, 6.45) is 4.78. The molecule has 19 heavy (non-hydrogen) atoms. The number of hydrogen-bond acceptors (Lipinski definition) is 3. The third-order valence-electron chi connectivity index (χ3n) is 3.73. The van der Waals surface area contributed by atoms with Crippen LogP contribution in [0, 0.1) is 5.92 Å². The Morgan fingerprint density at radius 1 is 1.53 bits per heavy atom. The molecule has 1 aliphatic heterocycles. The summed E-state index contributed by atoms with van der Waals surface area (Å²) in [7, 11) is -1.65. The van der Waals surface area contributed by atoms with Gasteiger partial charge in [-0.25, -0.2) is 0 Å². The molecule has 2 atom stereocenters. The van der Waals surface area contributed by atoms with E-state index < -0.39 is 10.2 Å². The van der Waals surface area contributed by atoms with E-state index in [0.29, 0.717) is 24.9 Å². The van der Waals surface area contributed by atoms with Crippen LogP contribution in [0.2, 0.25) is 0 Å². The molecule has 2 unspecified atom stereocenters. The van der Waals surface area contributed by atoms with Crippen LogP contribution in [0.15, 0.2) is 0 Å². The first-order valence-electron chi connectivity index (χ1n) is 6.75. The first kappa shape index (κ1) is 17.6. The number of thioether (sulfide) groups is 1. The highest BCUT2D eigenvalue weighted by atomic mass is 35.5. The molecule has 1 saturated heterocycles. The Balaban J connectivity index is 2.78. The van der Waals surface area contributed by atoms with E-state index >= 15 is 0 Å². The van der Waals surface area contributed by atoms with Gasteiger partial charge in [-0.3, -0.25) is 0 Å².